The zero-order valence-electron chi connectivity index (χ0n) is 16.0. The van der Waals surface area contributed by atoms with Crippen molar-refractivity contribution in [3.05, 3.63) is 77.1 Å². The third kappa shape index (κ3) is 4.37. The van der Waals surface area contributed by atoms with Crippen LogP contribution in [0, 0.1) is 6.92 Å². The molecule has 4 rings (SSSR count). The van der Waals surface area contributed by atoms with Crippen LogP contribution in [0.3, 0.4) is 0 Å². The number of hydrogen-bond acceptors (Lipinski definition) is 5. The molecule has 2 aromatic carbocycles. The number of aryl methyl sites for hydroxylation is 1. The highest BCUT2D eigenvalue weighted by Crippen LogP contribution is 2.22. The second-order valence-electron chi connectivity index (χ2n) is 6.91. The van der Waals surface area contributed by atoms with E-state index in [1.54, 1.807) is 0 Å². The Labute approximate surface area is 171 Å². The molecule has 0 aliphatic carbocycles. The van der Waals surface area contributed by atoms with Crippen molar-refractivity contribution >= 4 is 28.9 Å². The van der Waals surface area contributed by atoms with Crippen LogP contribution in [-0.4, -0.2) is 36.1 Å². The molecule has 1 fully saturated rings. The predicted octanol–water partition coefficient (Wildman–Crippen LogP) is 4.38. The maximum absolute atomic E-state index is 6.25. The van der Waals surface area contributed by atoms with Gasteiger partial charge in [0.05, 0.1) is 0 Å². The molecule has 6 heteroatoms. The van der Waals surface area contributed by atoms with Crippen molar-refractivity contribution in [1.29, 1.82) is 0 Å². The summed E-state index contributed by atoms with van der Waals surface area (Å²) in [6, 6.07) is 20.5. The van der Waals surface area contributed by atoms with Crippen LogP contribution in [0.15, 0.2) is 60.7 Å². The van der Waals surface area contributed by atoms with Crippen molar-refractivity contribution in [2.45, 2.75) is 13.5 Å². The molecule has 0 radical (unpaired) electrons. The number of nitrogens with zero attached hydrogens (tertiary/aromatic N) is 4. The molecule has 1 aromatic heterocycles. The highest BCUT2D eigenvalue weighted by Gasteiger charge is 2.19. The quantitative estimate of drug-likeness (QED) is 0.697. The summed E-state index contributed by atoms with van der Waals surface area (Å²) in [4.78, 5) is 13.9. The molecule has 1 N–H and O–H groups in total. The summed E-state index contributed by atoms with van der Waals surface area (Å²) < 4.78 is 0. The zero-order chi connectivity index (χ0) is 19.3. The minimum atomic E-state index is 0.636. The van der Waals surface area contributed by atoms with Gasteiger partial charge in [0, 0.05) is 49.5 Å². The van der Waals surface area contributed by atoms with Gasteiger partial charge in [-0.15, -0.1) is 0 Å². The second kappa shape index (κ2) is 8.48. The molecule has 1 aliphatic heterocycles. The summed E-state index contributed by atoms with van der Waals surface area (Å²) >= 11 is 6.25. The maximum atomic E-state index is 6.25. The van der Waals surface area contributed by atoms with E-state index in [9.17, 15) is 0 Å². The Bertz CT molecular complexity index is 923. The van der Waals surface area contributed by atoms with Gasteiger partial charge < -0.3 is 15.1 Å². The van der Waals surface area contributed by atoms with Gasteiger partial charge in [-0.05, 0) is 30.7 Å². The van der Waals surface area contributed by atoms with E-state index in [0.717, 1.165) is 54.2 Å². The maximum Gasteiger partial charge on any atom is 0.134 e. The Balaban J connectivity index is 1.42. The standard InChI is InChI=1S/C22H24ClN5/c1-17-25-21(24-16-18-7-5-6-10-20(18)23)15-22(26-17)28-13-11-27(12-14-28)19-8-3-2-4-9-19/h2-10,15H,11-14,16H2,1H3,(H,24,25,26). The predicted molar refractivity (Wildman–Crippen MR) is 116 cm³/mol. The van der Waals surface area contributed by atoms with Crippen molar-refractivity contribution in [1.82, 2.24) is 9.97 Å². The number of para-hydroxylation sites is 1. The molecule has 1 aliphatic rings. The SMILES string of the molecule is Cc1nc(NCc2ccccc2Cl)cc(N2CCN(c3ccccc3)CC2)n1. The number of halogens is 1. The highest BCUT2D eigenvalue weighted by atomic mass is 35.5. The van der Waals surface area contributed by atoms with E-state index in [4.69, 9.17) is 11.6 Å². The van der Waals surface area contributed by atoms with Gasteiger partial charge >= 0.3 is 0 Å². The first-order valence-electron chi connectivity index (χ1n) is 9.57. The van der Waals surface area contributed by atoms with E-state index in [-0.39, 0.29) is 0 Å². The fraction of sp³-hybridized carbons (Fsp3) is 0.273. The molecule has 5 nitrogen and oxygen atoms in total. The molecular weight excluding hydrogens is 370 g/mol. The van der Waals surface area contributed by atoms with Crippen LogP contribution < -0.4 is 15.1 Å². The molecule has 2 heterocycles. The van der Waals surface area contributed by atoms with Crippen LogP contribution in [0.25, 0.3) is 0 Å². The third-order valence-electron chi connectivity index (χ3n) is 4.97. The van der Waals surface area contributed by atoms with Crippen molar-refractivity contribution in [3.63, 3.8) is 0 Å². The van der Waals surface area contributed by atoms with Gasteiger partial charge in [-0.25, -0.2) is 9.97 Å². The lowest BCUT2D eigenvalue weighted by Crippen LogP contribution is -2.46. The molecular formula is C22H24ClN5. The average Bonchev–Trinajstić information content (AvgIpc) is 2.74. The Morgan fingerprint density at radius 2 is 1.57 bits per heavy atom. The van der Waals surface area contributed by atoms with Crippen LogP contribution in [0.2, 0.25) is 5.02 Å². The topological polar surface area (TPSA) is 44.3 Å². The van der Waals surface area contributed by atoms with Crippen LogP contribution in [-0.2, 0) is 6.54 Å². The van der Waals surface area contributed by atoms with Crippen molar-refractivity contribution in [2.24, 2.45) is 0 Å². The largest absolute Gasteiger partial charge is 0.368 e. The molecule has 0 atom stereocenters. The van der Waals surface area contributed by atoms with Gasteiger partial charge in [0.1, 0.15) is 17.5 Å². The van der Waals surface area contributed by atoms with E-state index >= 15 is 0 Å². The fourth-order valence-electron chi connectivity index (χ4n) is 3.46. The van der Waals surface area contributed by atoms with Crippen LogP contribution in [0.1, 0.15) is 11.4 Å². The molecule has 0 spiro atoms. The third-order valence-corrected chi connectivity index (χ3v) is 5.34. The average molecular weight is 394 g/mol. The number of rotatable bonds is 5. The van der Waals surface area contributed by atoms with E-state index < -0.39 is 0 Å². The van der Waals surface area contributed by atoms with Gasteiger partial charge in [0.25, 0.3) is 0 Å². The van der Waals surface area contributed by atoms with Gasteiger partial charge in [0.15, 0.2) is 0 Å². The minimum absolute atomic E-state index is 0.636. The second-order valence-corrected chi connectivity index (χ2v) is 7.32. The van der Waals surface area contributed by atoms with Crippen molar-refractivity contribution < 1.29 is 0 Å². The summed E-state index contributed by atoms with van der Waals surface area (Å²) in [5, 5.41) is 4.15. The summed E-state index contributed by atoms with van der Waals surface area (Å²) in [5.41, 5.74) is 2.33. The number of aromatic nitrogens is 2. The highest BCUT2D eigenvalue weighted by molar-refractivity contribution is 6.31. The number of piperazine rings is 1. The summed E-state index contributed by atoms with van der Waals surface area (Å²) in [6.07, 6.45) is 0. The molecule has 0 amide bonds. The number of benzene rings is 2. The summed E-state index contributed by atoms with van der Waals surface area (Å²) in [7, 11) is 0. The molecule has 0 bridgehead atoms. The van der Waals surface area contributed by atoms with Crippen LogP contribution in [0.4, 0.5) is 17.3 Å². The first-order chi connectivity index (χ1) is 13.7. The summed E-state index contributed by atoms with van der Waals surface area (Å²) in [5.74, 6) is 2.57. The van der Waals surface area contributed by atoms with Gasteiger partial charge in [-0.3, -0.25) is 0 Å². The fourth-order valence-corrected chi connectivity index (χ4v) is 3.67. The molecule has 28 heavy (non-hydrogen) atoms. The smallest absolute Gasteiger partial charge is 0.134 e. The Kier molecular flexibility index (Phi) is 5.63. The lowest BCUT2D eigenvalue weighted by atomic mass is 10.2. The van der Waals surface area contributed by atoms with E-state index in [1.165, 1.54) is 5.69 Å². The number of nitrogens with one attached hydrogen (secondary N) is 1. The van der Waals surface area contributed by atoms with Crippen LogP contribution in [0.5, 0.6) is 0 Å². The lowest BCUT2D eigenvalue weighted by Gasteiger charge is -2.36. The van der Waals surface area contributed by atoms with Crippen molar-refractivity contribution in [2.75, 3.05) is 41.3 Å². The zero-order valence-corrected chi connectivity index (χ0v) is 16.7. The summed E-state index contributed by atoms with van der Waals surface area (Å²) in [6.45, 7) is 6.41. The molecule has 144 valence electrons. The lowest BCUT2D eigenvalue weighted by molar-refractivity contribution is 0.646. The van der Waals surface area contributed by atoms with Gasteiger partial charge in [0.2, 0.25) is 0 Å². The Morgan fingerprint density at radius 3 is 2.32 bits per heavy atom. The number of anilines is 3. The van der Waals surface area contributed by atoms with Crippen LogP contribution >= 0.6 is 11.6 Å². The van der Waals surface area contributed by atoms with E-state index in [2.05, 4.69) is 55.4 Å². The van der Waals surface area contributed by atoms with E-state index in [1.807, 2.05) is 37.3 Å². The molecule has 0 saturated carbocycles. The number of hydrogen-bond donors (Lipinski definition) is 1. The Morgan fingerprint density at radius 1 is 0.893 bits per heavy atom. The monoisotopic (exact) mass is 393 g/mol. The van der Waals surface area contributed by atoms with Gasteiger partial charge in [-0.2, -0.15) is 0 Å². The molecule has 1 saturated heterocycles. The van der Waals surface area contributed by atoms with Crippen molar-refractivity contribution in [3.8, 4) is 0 Å². The van der Waals surface area contributed by atoms with E-state index in [0.29, 0.717) is 6.54 Å². The molecule has 0 unspecified atom stereocenters. The molecule has 3 aromatic rings. The normalized spacial score (nSPS) is 14.2. The first-order valence-corrected chi connectivity index (χ1v) is 9.95. The Hall–Kier alpha value is -2.79. The van der Waals surface area contributed by atoms with Gasteiger partial charge in [-0.1, -0.05) is 48.0 Å². The first kappa shape index (κ1) is 18.6. The minimum Gasteiger partial charge on any atom is -0.368 e.